The summed E-state index contributed by atoms with van der Waals surface area (Å²) in [7, 11) is -0.981. The van der Waals surface area contributed by atoms with Crippen LogP contribution in [0.25, 0.3) is 0 Å². The van der Waals surface area contributed by atoms with Gasteiger partial charge in [0.25, 0.3) is 0 Å². The lowest BCUT2D eigenvalue weighted by Crippen LogP contribution is -2.39. The Hall–Kier alpha value is 0.507. The zero-order valence-corrected chi connectivity index (χ0v) is 10.9. The van der Waals surface area contributed by atoms with E-state index in [1.165, 1.54) is 50.2 Å². The molecule has 0 aromatic rings. The van der Waals surface area contributed by atoms with Gasteiger partial charge >= 0.3 is 0 Å². The molecule has 1 unspecified atom stereocenters. The minimum absolute atomic E-state index is 0.520. The Bertz CT molecular complexity index is 139. The van der Waals surface area contributed by atoms with Crippen molar-refractivity contribution in [3.8, 4) is 0 Å². The van der Waals surface area contributed by atoms with Crippen LogP contribution in [-0.2, 0) is 0 Å². The molecule has 0 aromatic carbocycles. The summed E-state index contributed by atoms with van der Waals surface area (Å²) in [5, 5.41) is 0.520. The van der Waals surface area contributed by atoms with Gasteiger partial charge in [-0.1, -0.05) is 64.1 Å². The number of hydrogen-bond donors (Lipinski definition) is 0. The number of unbranched alkanes of at least 4 members (excludes halogenated alkanes) is 2. The molecule has 0 aromatic heterocycles. The first kappa shape index (κ1) is 11.6. The van der Waals surface area contributed by atoms with Gasteiger partial charge in [-0.15, -0.1) is 11.6 Å². The molecule has 1 saturated heterocycles. The van der Waals surface area contributed by atoms with Gasteiger partial charge in [0, 0.05) is 5.00 Å². The zero-order valence-electron chi connectivity index (χ0n) is 9.11. The van der Waals surface area contributed by atoms with Crippen LogP contribution in [0.4, 0.5) is 0 Å². The molecule has 0 saturated carbocycles. The third kappa shape index (κ3) is 2.98. The predicted molar refractivity (Wildman–Crippen MR) is 64.2 cm³/mol. The minimum atomic E-state index is -0.981. The number of rotatable bonds is 5. The van der Waals surface area contributed by atoms with Crippen molar-refractivity contribution < 1.29 is 0 Å². The van der Waals surface area contributed by atoms with E-state index in [0.717, 1.165) is 0 Å². The third-order valence-corrected chi connectivity index (χ3v) is 10.8. The van der Waals surface area contributed by atoms with Crippen LogP contribution >= 0.6 is 11.6 Å². The van der Waals surface area contributed by atoms with Crippen LogP contribution in [0.5, 0.6) is 0 Å². The highest BCUT2D eigenvalue weighted by molar-refractivity contribution is 6.87. The molecule has 0 spiro atoms. The highest BCUT2D eigenvalue weighted by Gasteiger charge is 2.39. The summed E-state index contributed by atoms with van der Waals surface area (Å²) >= 11 is 6.38. The van der Waals surface area contributed by atoms with Crippen LogP contribution in [0, 0.1) is 0 Å². The SMILES string of the molecule is CCCCC[Si]1(C(C)Cl)CCCC1. The standard InChI is InChI=1S/C11H23ClSi/c1-3-4-5-8-13(11(2)12)9-6-7-10-13/h11H,3-10H2,1-2H3. The van der Waals surface area contributed by atoms with Crippen LogP contribution in [0.2, 0.25) is 18.1 Å². The highest BCUT2D eigenvalue weighted by atomic mass is 35.5. The van der Waals surface area contributed by atoms with Crippen molar-refractivity contribution in [1.29, 1.82) is 0 Å². The van der Waals surface area contributed by atoms with E-state index >= 15 is 0 Å². The average molecular weight is 219 g/mol. The van der Waals surface area contributed by atoms with Gasteiger partial charge in [0.05, 0.1) is 8.07 Å². The van der Waals surface area contributed by atoms with Crippen molar-refractivity contribution in [1.82, 2.24) is 0 Å². The molecular formula is C11H23ClSi. The molecule has 1 aliphatic heterocycles. The van der Waals surface area contributed by atoms with Crippen molar-refractivity contribution in [2.75, 3.05) is 0 Å². The van der Waals surface area contributed by atoms with E-state index in [0.29, 0.717) is 5.00 Å². The third-order valence-electron chi connectivity index (χ3n) is 3.72. The van der Waals surface area contributed by atoms with E-state index in [2.05, 4.69) is 13.8 Å². The van der Waals surface area contributed by atoms with Crippen LogP contribution in [-0.4, -0.2) is 13.1 Å². The van der Waals surface area contributed by atoms with E-state index in [4.69, 9.17) is 11.6 Å². The summed E-state index contributed by atoms with van der Waals surface area (Å²) in [6.07, 6.45) is 7.14. The van der Waals surface area contributed by atoms with E-state index < -0.39 is 8.07 Å². The van der Waals surface area contributed by atoms with Crippen molar-refractivity contribution in [3.05, 3.63) is 0 Å². The monoisotopic (exact) mass is 218 g/mol. The number of halogens is 1. The molecule has 0 radical (unpaired) electrons. The van der Waals surface area contributed by atoms with Gasteiger partial charge in [-0.25, -0.2) is 0 Å². The van der Waals surface area contributed by atoms with E-state index in [-0.39, 0.29) is 0 Å². The summed E-state index contributed by atoms with van der Waals surface area (Å²) < 4.78 is 0. The first-order valence-electron chi connectivity index (χ1n) is 5.85. The van der Waals surface area contributed by atoms with Gasteiger partial charge in [-0.3, -0.25) is 0 Å². The molecule has 1 heterocycles. The van der Waals surface area contributed by atoms with Gasteiger partial charge in [-0.05, 0) is 0 Å². The lowest BCUT2D eigenvalue weighted by molar-refractivity contribution is 0.757. The van der Waals surface area contributed by atoms with Crippen molar-refractivity contribution in [2.45, 2.75) is 69.1 Å². The Morgan fingerprint density at radius 3 is 2.31 bits per heavy atom. The molecule has 2 heteroatoms. The van der Waals surface area contributed by atoms with Crippen LogP contribution in [0.1, 0.15) is 46.0 Å². The molecule has 0 nitrogen and oxygen atoms in total. The van der Waals surface area contributed by atoms with Crippen LogP contribution in [0.3, 0.4) is 0 Å². The predicted octanol–water partition coefficient (Wildman–Crippen LogP) is 4.59. The molecule has 78 valence electrons. The average Bonchev–Trinajstić information content (AvgIpc) is 2.55. The molecule has 0 amide bonds. The Morgan fingerprint density at radius 2 is 1.85 bits per heavy atom. The largest absolute Gasteiger partial charge is 0.127 e. The summed E-state index contributed by atoms with van der Waals surface area (Å²) in [5.74, 6) is 0. The Balaban J connectivity index is 2.38. The van der Waals surface area contributed by atoms with Crippen molar-refractivity contribution in [2.24, 2.45) is 0 Å². The van der Waals surface area contributed by atoms with Gasteiger partial charge in [0.1, 0.15) is 0 Å². The molecule has 0 aliphatic carbocycles. The second-order valence-corrected chi connectivity index (χ2v) is 10.8. The summed E-state index contributed by atoms with van der Waals surface area (Å²) in [6.45, 7) is 4.54. The summed E-state index contributed by atoms with van der Waals surface area (Å²) in [5.41, 5.74) is 0. The summed E-state index contributed by atoms with van der Waals surface area (Å²) in [4.78, 5) is 0. The van der Waals surface area contributed by atoms with E-state index in [1.807, 2.05) is 0 Å². The minimum Gasteiger partial charge on any atom is -0.127 e. The first-order valence-corrected chi connectivity index (χ1v) is 8.99. The Kier molecular flexibility index (Phi) is 4.81. The van der Waals surface area contributed by atoms with Gasteiger partial charge in [-0.2, -0.15) is 0 Å². The maximum Gasteiger partial charge on any atom is 0.0736 e. The lowest BCUT2D eigenvalue weighted by atomic mass is 10.3. The quantitative estimate of drug-likeness (QED) is 0.360. The Morgan fingerprint density at radius 1 is 1.23 bits per heavy atom. The fraction of sp³-hybridized carbons (Fsp3) is 1.00. The molecule has 0 N–H and O–H groups in total. The molecular weight excluding hydrogens is 196 g/mol. The van der Waals surface area contributed by atoms with Crippen molar-refractivity contribution >= 4 is 19.7 Å². The summed E-state index contributed by atoms with van der Waals surface area (Å²) in [6, 6.07) is 4.54. The number of alkyl halides is 1. The van der Waals surface area contributed by atoms with Gasteiger partial charge in [0.2, 0.25) is 0 Å². The molecule has 0 bridgehead atoms. The lowest BCUT2D eigenvalue weighted by Gasteiger charge is -2.29. The second-order valence-electron chi connectivity index (χ2n) is 4.64. The van der Waals surface area contributed by atoms with Gasteiger partial charge in [0.15, 0.2) is 0 Å². The maximum absolute atomic E-state index is 6.38. The van der Waals surface area contributed by atoms with Crippen molar-refractivity contribution in [3.63, 3.8) is 0 Å². The molecule has 13 heavy (non-hydrogen) atoms. The molecule has 1 aliphatic rings. The highest BCUT2D eigenvalue weighted by Crippen LogP contribution is 2.39. The Labute approximate surface area is 89.1 Å². The van der Waals surface area contributed by atoms with Crippen LogP contribution < -0.4 is 0 Å². The van der Waals surface area contributed by atoms with E-state index in [1.54, 1.807) is 0 Å². The van der Waals surface area contributed by atoms with E-state index in [9.17, 15) is 0 Å². The molecule has 1 fully saturated rings. The fourth-order valence-electron chi connectivity index (χ4n) is 2.65. The van der Waals surface area contributed by atoms with Gasteiger partial charge < -0.3 is 0 Å². The molecule has 1 atom stereocenters. The van der Waals surface area contributed by atoms with Crippen LogP contribution in [0.15, 0.2) is 0 Å². The first-order chi connectivity index (χ1) is 6.21. The fourth-order valence-corrected chi connectivity index (χ4v) is 8.44. The molecule has 1 rings (SSSR count). The second kappa shape index (κ2) is 5.40. The number of hydrogen-bond acceptors (Lipinski definition) is 0. The maximum atomic E-state index is 6.38. The zero-order chi connectivity index (χ0) is 9.73. The normalized spacial score (nSPS) is 23.3. The topological polar surface area (TPSA) is 0 Å². The smallest absolute Gasteiger partial charge is 0.0736 e.